The lowest BCUT2D eigenvalue weighted by Crippen LogP contribution is -2.42. The number of benzene rings is 1. The van der Waals surface area contributed by atoms with Crippen LogP contribution in [0.5, 0.6) is 0 Å². The first kappa shape index (κ1) is 18.0. The van der Waals surface area contributed by atoms with Crippen LogP contribution in [0.4, 0.5) is 0 Å². The molecule has 4 nitrogen and oxygen atoms in total. The van der Waals surface area contributed by atoms with Crippen molar-refractivity contribution in [2.45, 2.75) is 38.6 Å². The Morgan fingerprint density at radius 1 is 1.15 bits per heavy atom. The molecule has 0 spiro atoms. The molecule has 2 aliphatic rings. The van der Waals surface area contributed by atoms with Gasteiger partial charge in [-0.05, 0) is 67.7 Å². The van der Waals surface area contributed by atoms with Gasteiger partial charge in [0, 0.05) is 16.5 Å². The number of hydrogen-bond acceptors (Lipinski definition) is 3. The van der Waals surface area contributed by atoms with E-state index in [0.717, 1.165) is 22.8 Å². The molecule has 2 fully saturated rings. The summed E-state index contributed by atoms with van der Waals surface area (Å²) >= 11 is 1.54. The van der Waals surface area contributed by atoms with Gasteiger partial charge in [0.05, 0.1) is 0 Å². The second kappa shape index (κ2) is 7.69. The quantitative estimate of drug-likeness (QED) is 0.766. The molecule has 2 N–H and O–H groups in total. The lowest BCUT2D eigenvalue weighted by atomic mass is 9.95. The molecule has 2 aliphatic carbocycles. The number of amides is 2. The fourth-order valence-corrected chi connectivity index (χ4v) is 4.98. The van der Waals surface area contributed by atoms with Crippen LogP contribution >= 0.6 is 11.3 Å². The van der Waals surface area contributed by atoms with E-state index in [1.54, 1.807) is 23.5 Å². The number of aryl methyl sites for hydroxylation is 1. The molecule has 1 heterocycles. The maximum absolute atomic E-state index is 12.9. The van der Waals surface area contributed by atoms with E-state index in [2.05, 4.69) is 10.6 Å². The molecule has 4 rings (SSSR count). The van der Waals surface area contributed by atoms with Gasteiger partial charge >= 0.3 is 0 Å². The number of hydrogen-bond donors (Lipinski definition) is 2. The Labute approximate surface area is 163 Å². The van der Waals surface area contributed by atoms with Crippen molar-refractivity contribution in [1.82, 2.24) is 10.6 Å². The topological polar surface area (TPSA) is 58.2 Å². The third-order valence-corrected chi connectivity index (χ3v) is 6.48. The predicted molar refractivity (Wildman–Crippen MR) is 108 cm³/mol. The van der Waals surface area contributed by atoms with E-state index in [4.69, 9.17) is 0 Å². The van der Waals surface area contributed by atoms with Gasteiger partial charge in [0.2, 0.25) is 0 Å². The molecular formula is C22H24N2O2S. The van der Waals surface area contributed by atoms with Crippen LogP contribution in [0.15, 0.2) is 47.5 Å². The molecule has 1 aromatic heterocycles. The summed E-state index contributed by atoms with van der Waals surface area (Å²) in [6.07, 6.45) is 6.55. The molecule has 2 aromatic rings. The summed E-state index contributed by atoms with van der Waals surface area (Å²) in [5.41, 5.74) is 1.88. The maximum Gasteiger partial charge on any atom is 0.268 e. The van der Waals surface area contributed by atoms with Crippen molar-refractivity contribution >= 4 is 29.2 Å². The van der Waals surface area contributed by atoms with Crippen LogP contribution in [0.1, 0.15) is 46.5 Å². The van der Waals surface area contributed by atoms with Crippen molar-refractivity contribution in [1.29, 1.82) is 0 Å². The number of rotatable bonds is 5. The Bertz CT molecular complexity index is 872. The van der Waals surface area contributed by atoms with Crippen molar-refractivity contribution in [2.24, 2.45) is 11.8 Å². The second-order valence-electron chi connectivity index (χ2n) is 7.65. The van der Waals surface area contributed by atoms with E-state index >= 15 is 0 Å². The summed E-state index contributed by atoms with van der Waals surface area (Å²) in [6.45, 7) is 1.95. The highest BCUT2D eigenvalue weighted by Crippen LogP contribution is 2.44. The minimum Gasteiger partial charge on any atom is -0.348 e. The number of nitrogens with one attached hydrogen (secondary N) is 2. The van der Waals surface area contributed by atoms with Crippen LogP contribution in [0.2, 0.25) is 0 Å². The standard InChI is InChI=1S/C22H24N2O2S/c1-14-4-2-5-17(10-14)21(25)24-20(13-18-6-3-9-27-18)22(26)23-19-12-15-7-8-16(19)11-15/h2-6,9-10,13,15-16,19H,7-8,11-12H2,1H3,(H,23,26)(H,24,25)/b20-13-/t15-,16-,19-/m1/s1. The molecular weight excluding hydrogens is 356 g/mol. The molecule has 0 radical (unpaired) electrons. The summed E-state index contributed by atoms with van der Waals surface area (Å²) in [6, 6.07) is 11.5. The molecule has 2 bridgehead atoms. The molecule has 2 amide bonds. The molecule has 27 heavy (non-hydrogen) atoms. The third kappa shape index (κ3) is 4.14. The van der Waals surface area contributed by atoms with Crippen LogP contribution in [-0.4, -0.2) is 17.9 Å². The summed E-state index contributed by atoms with van der Waals surface area (Å²) < 4.78 is 0. The average Bonchev–Trinajstić information content (AvgIpc) is 3.39. The molecule has 140 valence electrons. The Kier molecular flexibility index (Phi) is 5.12. The lowest BCUT2D eigenvalue weighted by Gasteiger charge is -2.23. The molecule has 5 heteroatoms. The van der Waals surface area contributed by atoms with E-state index in [1.807, 2.05) is 42.6 Å². The Morgan fingerprint density at radius 3 is 2.70 bits per heavy atom. The normalized spacial score (nSPS) is 24.0. The first-order valence-corrected chi connectivity index (χ1v) is 10.4. The maximum atomic E-state index is 12.9. The van der Waals surface area contributed by atoms with E-state index in [-0.39, 0.29) is 17.9 Å². The number of carbonyl (C=O) groups excluding carboxylic acids is 2. The first-order chi connectivity index (χ1) is 13.1. The summed E-state index contributed by atoms with van der Waals surface area (Å²) in [5.74, 6) is 0.896. The highest BCUT2D eigenvalue weighted by molar-refractivity contribution is 7.10. The number of fused-ring (bicyclic) bond motifs is 2. The lowest BCUT2D eigenvalue weighted by molar-refractivity contribution is -0.118. The molecule has 1 aromatic carbocycles. The van der Waals surface area contributed by atoms with Crippen LogP contribution < -0.4 is 10.6 Å². The minimum absolute atomic E-state index is 0.193. The van der Waals surface area contributed by atoms with Gasteiger partial charge in [-0.3, -0.25) is 9.59 Å². The summed E-state index contributed by atoms with van der Waals surface area (Å²) in [7, 11) is 0. The van der Waals surface area contributed by atoms with Crippen LogP contribution in [-0.2, 0) is 4.79 Å². The molecule has 0 unspecified atom stereocenters. The minimum atomic E-state index is -0.260. The van der Waals surface area contributed by atoms with Gasteiger partial charge in [0.15, 0.2) is 0 Å². The van der Waals surface area contributed by atoms with Gasteiger partial charge in [-0.15, -0.1) is 11.3 Å². The van der Waals surface area contributed by atoms with Gasteiger partial charge in [-0.25, -0.2) is 0 Å². The second-order valence-corrected chi connectivity index (χ2v) is 8.63. The zero-order valence-electron chi connectivity index (χ0n) is 15.4. The van der Waals surface area contributed by atoms with E-state index in [1.165, 1.54) is 19.3 Å². The summed E-state index contributed by atoms with van der Waals surface area (Å²) in [5, 5.41) is 7.97. The molecule has 0 saturated heterocycles. The highest BCUT2D eigenvalue weighted by Gasteiger charge is 2.40. The molecule has 0 aliphatic heterocycles. The van der Waals surface area contributed by atoms with Gasteiger partial charge < -0.3 is 10.6 Å². The Balaban J connectivity index is 1.52. The van der Waals surface area contributed by atoms with E-state index < -0.39 is 0 Å². The SMILES string of the molecule is Cc1cccc(C(=O)N/C(=C\c2cccs2)C(=O)N[C@@H]2C[C@@H]3CC[C@@H]2C3)c1. The number of thiophene rings is 1. The van der Waals surface area contributed by atoms with Crippen molar-refractivity contribution in [3.63, 3.8) is 0 Å². The predicted octanol–water partition coefficient (Wildman–Crippen LogP) is 4.13. The zero-order chi connectivity index (χ0) is 18.8. The van der Waals surface area contributed by atoms with Crippen molar-refractivity contribution in [3.8, 4) is 0 Å². The van der Waals surface area contributed by atoms with Gasteiger partial charge in [0.1, 0.15) is 5.70 Å². The zero-order valence-corrected chi connectivity index (χ0v) is 16.2. The van der Waals surface area contributed by atoms with Crippen molar-refractivity contribution < 1.29 is 9.59 Å². The van der Waals surface area contributed by atoms with Gasteiger partial charge in [0.25, 0.3) is 11.8 Å². The van der Waals surface area contributed by atoms with Crippen molar-refractivity contribution in [3.05, 3.63) is 63.5 Å². The van der Waals surface area contributed by atoms with Crippen LogP contribution in [0, 0.1) is 18.8 Å². The van der Waals surface area contributed by atoms with Gasteiger partial charge in [-0.2, -0.15) is 0 Å². The first-order valence-electron chi connectivity index (χ1n) is 9.52. The Morgan fingerprint density at radius 2 is 2.04 bits per heavy atom. The van der Waals surface area contributed by atoms with Crippen LogP contribution in [0.3, 0.4) is 0 Å². The smallest absolute Gasteiger partial charge is 0.268 e. The molecule has 2 saturated carbocycles. The third-order valence-electron chi connectivity index (χ3n) is 5.66. The Hall–Kier alpha value is -2.40. The monoisotopic (exact) mass is 380 g/mol. The van der Waals surface area contributed by atoms with Gasteiger partial charge in [-0.1, -0.05) is 30.2 Å². The fourth-order valence-electron chi connectivity index (χ4n) is 4.32. The fraction of sp³-hybridized carbons (Fsp3) is 0.364. The largest absolute Gasteiger partial charge is 0.348 e. The molecule has 3 atom stereocenters. The number of carbonyl (C=O) groups is 2. The van der Waals surface area contributed by atoms with Crippen molar-refractivity contribution in [2.75, 3.05) is 0 Å². The van der Waals surface area contributed by atoms with E-state index in [9.17, 15) is 9.59 Å². The highest BCUT2D eigenvalue weighted by atomic mass is 32.1. The average molecular weight is 381 g/mol. The van der Waals surface area contributed by atoms with Crippen LogP contribution in [0.25, 0.3) is 6.08 Å². The summed E-state index contributed by atoms with van der Waals surface area (Å²) in [4.78, 5) is 26.6. The van der Waals surface area contributed by atoms with E-state index in [0.29, 0.717) is 17.2 Å².